The van der Waals surface area contributed by atoms with Crippen LogP contribution in [0.2, 0.25) is 0 Å². The van der Waals surface area contributed by atoms with Crippen LogP contribution in [0.4, 0.5) is 4.39 Å². The first-order valence-electron chi connectivity index (χ1n) is 8.05. The van der Waals surface area contributed by atoms with Crippen molar-refractivity contribution in [2.45, 2.75) is 6.54 Å². The maximum absolute atomic E-state index is 13.8. The Balaban J connectivity index is 1.69. The average molecular weight is 385 g/mol. The molecule has 0 aliphatic heterocycles. The van der Waals surface area contributed by atoms with E-state index in [2.05, 4.69) is 10.1 Å². The molecule has 5 nitrogen and oxygen atoms in total. The molecule has 0 atom stereocenters. The lowest BCUT2D eigenvalue weighted by atomic mass is 10.2. The smallest absolute Gasteiger partial charge is 0.348 e. The van der Waals surface area contributed by atoms with Crippen molar-refractivity contribution in [2.24, 2.45) is 0 Å². The van der Waals surface area contributed by atoms with Crippen LogP contribution in [0.5, 0.6) is 11.5 Å². The van der Waals surface area contributed by atoms with E-state index < -0.39 is 11.8 Å². The minimum Gasteiger partial charge on any atom is -0.465 e. The zero-order chi connectivity index (χ0) is 19.2. The van der Waals surface area contributed by atoms with Crippen molar-refractivity contribution in [1.29, 1.82) is 0 Å². The van der Waals surface area contributed by atoms with Gasteiger partial charge in [0.25, 0.3) is 5.91 Å². The third kappa shape index (κ3) is 4.51. The highest BCUT2D eigenvalue weighted by Crippen LogP contribution is 2.27. The number of methoxy groups -OCH3 is 1. The quantitative estimate of drug-likeness (QED) is 0.639. The summed E-state index contributed by atoms with van der Waals surface area (Å²) in [5.74, 6) is -0.717. The van der Waals surface area contributed by atoms with Crippen molar-refractivity contribution in [3.63, 3.8) is 0 Å². The molecule has 3 aromatic rings. The van der Waals surface area contributed by atoms with Gasteiger partial charge in [0.1, 0.15) is 10.6 Å². The van der Waals surface area contributed by atoms with Crippen LogP contribution in [0.25, 0.3) is 0 Å². The molecule has 1 N–H and O–H groups in total. The molecule has 0 aliphatic carbocycles. The molecule has 0 fully saturated rings. The van der Waals surface area contributed by atoms with Crippen LogP contribution >= 0.6 is 11.3 Å². The summed E-state index contributed by atoms with van der Waals surface area (Å²) in [4.78, 5) is 24.5. The lowest BCUT2D eigenvalue weighted by molar-refractivity contribution is 0.0606. The monoisotopic (exact) mass is 385 g/mol. The zero-order valence-electron chi connectivity index (χ0n) is 14.4. The minimum absolute atomic E-state index is 0.109. The van der Waals surface area contributed by atoms with E-state index in [-0.39, 0.29) is 18.2 Å². The number of nitrogens with one attached hydrogen (secondary N) is 1. The zero-order valence-corrected chi connectivity index (χ0v) is 15.2. The van der Waals surface area contributed by atoms with E-state index in [1.54, 1.807) is 48.5 Å². The van der Waals surface area contributed by atoms with Gasteiger partial charge in [0.2, 0.25) is 0 Å². The van der Waals surface area contributed by atoms with E-state index in [0.29, 0.717) is 21.1 Å². The van der Waals surface area contributed by atoms with Gasteiger partial charge in [-0.15, -0.1) is 11.3 Å². The third-order valence-electron chi connectivity index (χ3n) is 3.68. The molecule has 0 aliphatic rings. The van der Waals surface area contributed by atoms with Gasteiger partial charge in [-0.05, 0) is 30.3 Å². The Morgan fingerprint density at radius 2 is 1.63 bits per heavy atom. The van der Waals surface area contributed by atoms with Crippen LogP contribution in [-0.2, 0) is 11.3 Å². The topological polar surface area (TPSA) is 64.6 Å². The summed E-state index contributed by atoms with van der Waals surface area (Å²) in [6.07, 6.45) is 0. The SMILES string of the molecule is COC(=O)c1ccc(C(=O)NCc2ccccc2Oc2ccccc2F)s1. The number of amides is 1. The summed E-state index contributed by atoms with van der Waals surface area (Å²) in [5.41, 5.74) is 0.693. The highest BCUT2D eigenvalue weighted by atomic mass is 32.1. The molecule has 1 amide bonds. The fourth-order valence-electron chi connectivity index (χ4n) is 2.33. The average Bonchev–Trinajstić information content (AvgIpc) is 3.18. The third-order valence-corrected chi connectivity index (χ3v) is 4.75. The second-order valence-electron chi connectivity index (χ2n) is 5.48. The van der Waals surface area contributed by atoms with Gasteiger partial charge in [-0.25, -0.2) is 9.18 Å². The summed E-state index contributed by atoms with van der Waals surface area (Å²) >= 11 is 1.05. The Kier molecular flexibility index (Phi) is 5.83. The maximum Gasteiger partial charge on any atom is 0.348 e. The van der Waals surface area contributed by atoms with E-state index in [4.69, 9.17) is 4.74 Å². The Morgan fingerprint density at radius 1 is 0.963 bits per heavy atom. The second-order valence-corrected chi connectivity index (χ2v) is 6.56. The van der Waals surface area contributed by atoms with Crippen LogP contribution < -0.4 is 10.1 Å². The van der Waals surface area contributed by atoms with Crippen molar-refractivity contribution in [1.82, 2.24) is 5.32 Å². The van der Waals surface area contributed by atoms with Gasteiger partial charge in [-0.3, -0.25) is 4.79 Å². The van der Waals surface area contributed by atoms with Gasteiger partial charge >= 0.3 is 5.97 Å². The molecule has 0 saturated carbocycles. The first kappa shape index (κ1) is 18.6. The Labute approximate surface area is 159 Å². The van der Waals surface area contributed by atoms with Crippen molar-refractivity contribution < 1.29 is 23.5 Å². The molecule has 1 aromatic heterocycles. The molecule has 1 heterocycles. The fourth-order valence-corrected chi connectivity index (χ4v) is 3.17. The summed E-state index contributed by atoms with van der Waals surface area (Å²) in [6.45, 7) is 0.189. The fraction of sp³-hybridized carbons (Fsp3) is 0.100. The predicted octanol–water partition coefficient (Wildman–Crippen LogP) is 4.40. The first-order valence-corrected chi connectivity index (χ1v) is 8.87. The molecule has 0 spiro atoms. The molecule has 0 bridgehead atoms. The second kappa shape index (κ2) is 8.46. The van der Waals surface area contributed by atoms with Crippen molar-refractivity contribution in [2.75, 3.05) is 7.11 Å². The number of carbonyl (C=O) groups is 2. The van der Waals surface area contributed by atoms with E-state index in [9.17, 15) is 14.0 Å². The highest BCUT2D eigenvalue weighted by Gasteiger charge is 2.15. The van der Waals surface area contributed by atoms with Gasteiger partial charge in [-0.1, -0.05) is 30.3 Å². The van der Waals surface area contributed by atoms with Gasteiger partial charge in [0.05, 0.1) is 12.0 Å². The minimum atomic E-state index is -0.484. The van der Waals surface area contributed by atoms with Gasteiger partial charge < -0.3 is 14.8 Å². The van der Waals surface area contributed by atoms with Crippen molar-refractivity contribution in [3.05, 3.63) is 81.8 Å². The number of benzene rings is 2. The van der Waals surface area contributed by atoms with Gasteiger partial charge in [-0.2, -0.15) is 0 Å². The van der Waals surface area contributed by atoms with Gasteiger partial charge in [0, 0.05) is 12.1 Å². The Hall–Kier alpha value is -3.19. The molecule has 0 saturated heterocycles. The van der Waals surface area contributed by atoms with E-state index in [1.165, 1.54) is 19.2 Å². The maximum atomic E-state index is 13.8. The molecule has 2 aromatic carbocycles. The van der Waals surface area contributed by atoms with Crippen LogP contribution in [0, 0.1) is 5.82 Å². The van der Waals surface area contributed by atoms with Crippen molar-refractivity contribution in [3.8, 4) is 11.5 Å². The summed E-state index contributed by atoms with van der Waals surface area (Å²) < 4.78 is 24.1. The number of para-hydroxylation sites is 2. The largest absolute Gasteiger partial charge is 0.465 e. The predicted molar refractivity (Wildman–Crippen MR) is 99.7 cm³/mol. The number of thiophene rings is 1. The van der Waals surface area contributed by atoms with Crippen LogP contribution in [0.1, 0.15) is 24.9 Å². The molecular formula is C20H16FNO4S. The van der Waals surface area contributed by atoms with Crippen LogP contribution in [0.15, 0.2) is 60.7 Å². The number of hydrogen-bond acceptors (Lipinski definition) is 5. The van der Waals surface area contributed by atoms with Crippen LogP contribution in [0.3, 0.4) is 0 Å². The lowest BCUT2D eigenvalue weighted by Gasteiger charge is -2.12. The van der Waals surface area contributed by atoms with E-state index in [0.717, 1.165) is 11.3 Å². The number of carbonyl (C=O) groups excluding carboxylic acids is 2. The molecule has 138 valence electrons. The van der Waals surface area contributed by atoms with E-state index >= 15 is 0 Å². The molecule has 7 heteroatoms. The normalized spacial score (nSPS) is 10.3. The highest BCUT2D eigenvalue weighted by molar-refractivity contribution is 7.15. The summed E-state index contributed by atoms with van der Waals surface area (Å²) in [6, 6.07) is 16.3. The standard InChI is InChI=1S/C20H16FNO4S/c1-25-20(24)18-11-10-17(27-18)19(23)22-12-13-6-2-4-8-15(13)26-16-9-5-3-7-14(16)21/h2-11H,12H2,1H3,(H,22,23). The number of rotatable bonds is 6. The van der Waals surface area contributed by atoms with E-state index in [1.807, 2.05) is 0 Å². The van der Waals surface area contributed by atoms with Gasteiger partial charge in [0.15, 0.2) is 11.6 Å². The number of ether oxygens (including phenoxy) is 2. The Bertz CT molecular complexity index is 970. The van der Waals surface area contributed by atoms with Crippen molar-refractivity contribution >= 4 is 23.2 Å². The number of halogens is 1. The number of hydrogen-bond donors (Lipinski definition) is 1. The number of esters is 1. The molecule has 0 radical (unpaired) electrons. The summed E-state index contributed by atoms with van der Waals surface area (Å²) in [7, 11) is 1.29. The summed E-state index contributed by atoms with van der Waals surface area (Å²) in [5, 5.41) is 2.77. The Morgan fingerprint density at radius 3 is 2.37 bits per heavy atom. The molecule has 27 heavy (non-hydrogen) atoms. The lowest BCUT2D eigenvalue weighted by Crippen LogP contribution is -2.22. The molecule has 0 unspecified atom stereocenters. The molecule has 3 rings (SSSR count). The first-order chi connectivity index (χ1) is 13.1. The molecular weight excluding hydrogens is 369 g/mol. The van der Waals surface area contributed by atoms with Crippen LogP contribution in [-0.4, -0.2) is 19.0 Å².